The van der Waals surface area contributed by atoms with Gasteiger partial charge >= 0.3 is 0 Å². The van der Waals surface area contributed by atoms with Crippen LogP contribution in [0.3, 0.4) is 0 Å². The van der Waals surface area contributed by atoms with Crippen LogP contribution in [0.4, 0.5) is 4.39 Å². The minimum atomic E-state index is -0.242. The number of carbonyl (C=O) groups excluding carboxylic acids is 2. The molecule has 6 nitrogen and oxygen atoms in total. The van der Waals surface area contributed by atoms with Crippen LogP contribution >= 0.6 is 0 Å². The Bertz CT molecular complexity index is 921. The molecule has 0 radical (unpaired) electrons. The number of aryl methyl sites for hydroxylation is 2. The Labute approximate surface area is 163 Å². The lowest BCUT2D eigenvalue weighted by atomic mass is 9.94. The molecule has 1 aliphatic carbocycles. The number of nitrogens with one attached hydrogen (secondary N) is 2. The second-order valence-corrected chi connectivity index (χ2v) is 7.76. The fourth-order valence-electron chi connectivity index (χ4n) is 4.33. The van der Waals surface area contributed by atoms with Gasteiger partial charge < -0.3 is 10.6 Å². The topological polar surface area (TPSA) is 76.0 Å². The number of halogens is 1. The van der Waals surface area contributed by atoms with Crippen LogP contribution in [0.25, 0.3) is 0 Å². The van der Waals surface area contributed by atoms with Crippen molar-refractivity contribution in [2.75, 3.05) is 6.54 Å². The zero-order valence-corrected chi connectivity index (χ0v) is 16.1. The molecule has 0 spiro atoms. The lowest BCUT2D eigenvalue weighted by Gasteiger charge is -2.24. The van der Waals surface area contributed by atoms with Gasteiger partial charge in [-0.05, 0) is 66.8 Å². The molecule has 1 aliphatic heterocycles. The van der Waals surface area contributed by atoms with Gasteiger partial charge in [-0.2, -0.15) is 5.10 Å². The number of fused-ring (bicyclic) bond motifs is 2. The highest BCUT2D eigenvalue weighted by Gasteiger charge is 2.25. The summed E-state index contributed by atoms with van der Waals surface area (Å²) in [6.07, 6.45) is 6.12. The van der Waals surface area contributed by atoms with E-state index in [1.165, 1.54) is 18.6 Å². The molecule has 1 aromatic carbocycles. The highest BCUT2D eigenvalue weighted by molar-refractivity contribution is 5.95. The molecular formula is C21H25FN4O2. The second-order valence-electron chi connectivity index (χ2n) is 7.76. The highest BCUT2D eigenvalue weighted by atomic mass is 19.1. The Morgan fingerprint density at radius 2 is 2.14 bits per heavy atom. The second kappa shape index (κ2) is 7.73. The Balaban J connectivity index is 1.44. The third-order valence-corrected chi connectivity index (χ3v) is 5.78. The monoisotopic (exact) mass is 384 g/mol. The molecule has 0 saturated heterocycles. The summed E-state index contributed by atoms with van der Waals surface area (Å²) < 4.78 is 15.7. The van der Waals surface area contributed by atoms with Crippen molar-refractivity contribution in [2.24, 2.45) is 5.92 Å². The van der Waals surface area contributed by atoms with Crippen molar-refractivity contribution in [3.63, 3.8) is 0 Å². The van der Waals surface area contributed by atoms with Crippen molar-refractivity contribution in [3.05, 3.63) is 52.1 Å². The number of aromatic nitrogens is 2. The molecule has 148 valence electrons. The summed E-state index contributed by atoms with van der Waals surface area (Å²) in [6.45, 7) is 3.18. The number of hydrogen-bond acceptors (Lipinski definition) is 3. The first kappa shape index (κ1) is 18.7. The van der Waals surface area contributed by atoms with E-state index in [4.69, 9.17) is 0 Å². The zero-order chi connectivity index (χ0) is 19.7. The predicted molar refractivity (Wildman–Crippen MR) is 102 cm³/mol. The number of carbonyl (C=O) groups is 2. The number of benzene rings is 1. The van der Waals surface area contributed by atoms with Crippen molar-refractivity contribution in [1.29, 1.82) is 0 Å². The van der Waals surface area contributed by atoms with E-state index in [-0.39, 0.29) is 17.6 Å². The SMILES string of the molecule is CC(=O)NCC1CCn2ncc(C(=O)NCc3cc(F)cc4c3CCC4)c2C1. The van der Waals surface area contributed by atoms with Gasteiger partial charge in [-0.1, -0.05) is 0 Å². The van der Waals surface area contributed by atoms with Crippen molar-refractivity contribution < 1.29 is 14.0 Å². The van der Waals surface area contributed by atoms with Crippen LogP contribution in [0.5, 0.6) is 0 Å². The number of hydrogen-bond donors (Lipinski definition) is 2. The van der Waals surface area contributed by atoms with E-state index in [1.54, 1.807) is 12.3 Å². The Morgan fingerprint density at radius 1 is 1.29 bits per heavy atom. The maximum Gasteiger partial charge on any atom is 0.255 e. The van der Waals surface area contributed by atoms with Gasteiger partial charge in [-0.25, -0.2) is 4.39 Å². The quantitative estimate of drug-likeness (QED) is 0.829. The van der Waals surface area contributed by atoms with Crippen LogP contribution in [0.15, 0.2) is 18.3 Å². The summed E-state index contributed by atoms with van der Waals surface area (Å²) in [5.41, 5.74) is 4.58. The normalized spacial score (nSPS) is 17.7. The molecule has 7 heteroatoms. The number of amides is 2. The number of rotatable bonds is 5. The van der Waals surface area contributed by atoms with Crippen molar-refractivity contribution in [2.45, 2.75) is 52.1 Å². The molecule has 2 aromatic rings. The van der Waals surface area contributed by atoms with E-state index in [0.717, 1.165) is 49.0 Å². The lowest BCUT2D eigenvalue weighted by molar-refractivity contribution is -0.119. The zero-order valence-electron chi connectivity index (χ0n) is 16.1. The van der Waals surface area contributed by atoms with Crippen LogP contribution < -0.4 is 10.6 Å². The molecule has 0 fully saturated rings. The first-order chi connectivity index (χ1) is 13.5. The molecule has 2 aliphatic rings. The van der Waals surface area contributed by atoms with Crippen LogP contribution in [-0.4, -0.2) is 28.1 Å². The third kappa shape index (κ3) is 3.79. The molecule has 1 aromatic heterocycles. The number of nitrogens with zero attached hydrogens (tertiary/aromatic N) is 2. The third-order valence-electron chi connectivity index (χ3n) is 5.78. The van der Waals surface area contributed by atoms with Crippen LogP contribution in [0, 0.1) is 11.7 Å². The van der Waals surface area contributed by atoms with Crippen molar-refractivity contribution in [1.82, 2.24) is 20.4 Å². The summed E-state index contributed by atoms with van der Waals surface area (Å²) in [4.78, 5) is 23.9. The van der Waals surface area contributed by atoms with E-state index in [9.17, 15) is 14.0 Å². The molecule has 2 heterocycles. The summed E-state index contributed by atoms with van der Waals surface area (Å²) in [5, 5.41) is 10.1. The Kier molecular flexibility index (Phi) is 5.15. The minimum Gasteiger partial charge on any atom is -0.356 e. The van der Waals surface area contributed by atoms with E-state index in [2.05, 4.69) is 15.7 Å². The van der Waals surface area contributed by atoms with E-state index in [1.807, 2.05) is 4.68 Å². The van der Waals surface area contributed by atoms with Crippen molar-refractivity contribution >= 4 is 11.8 Å². The largest absolute Gasteiger partial charge is 0.356 e. The first-order valence-electron chi connectivity index (χ1n) is 9.88. The standard InChI is InChI=1S/C21H25FN4O2/c1-13(27)23-10-14-5-6-26-20(7-14)19(12-25-26)21(28)24-11-16-9-17(22)8-15-3-2-4-18(15)16/h8-9,12,14H,2-7,10-11H2,1H3,(H,23,27)(H,24,28). The first-order valence-corrected chi connectivity index (χ1v) is 9.88. The molecule has 28 heavy (non-hydrogen) atoms. The lowest BCUT2D eigenvalue weighted by Crippen LogP contribution is -2.33. The van der Waals surface area contributed by atoms with Crippen LogP contribution in [-0.2, 0) is 37.1 Å². The fourth-order valence-corrected chi connectivity index (χ4v) is 4.33. The molecule has 1 unspecified atom stereocenters. The van der Waals surface area contributed by atoms with E-state index in [0.29, 0.717) is 31.0 Å². The maximum absolute atomic E-state index is 13.9. The predicted octanol–water partition coefficient (Wildman–Crippen LogP) is 2.14. The highest BCUT2D eigenvalue weighted by Crippen LogP contribution is 2.27. The maximum atomic E-state index is 13.9. The van der Waals surface area contributed by atoms with E-state index < -0.39 is 0 Å². The minimum absolute atomic E-state index is 0.0420. The Morgan fingerprint density at radius 3 is 2.96 bits per heavy atom. The van der Waals surface area contributed by atoms with Gasteiger partial charge in [0.05, 0.1) is 17.5 Å². The molecule has 0 bridgehead atoms. The van der Waals surface area contributed by atoms with Gasteiger partial charge in [0.2, 0.25) is 5.91 Å². The van der Waals surface area contributed by atoms with Gasteiger partial charge in [-0.3, -0.25) is 14.3 Å². The fraction of sp³-hybridized carbons (Fsp3) is 0.476. The van der Waals surface area contributed by atoms with Crippen LogP contribution in [0.2, 0.25) is 0 Å². The molecule has 2 amide bonds. The van der Waals surface area contributed by atoms with Gasteiger partial charge in [-0.15, -0.1) is 0 Å². The van der Waals surface area contributed by atoms with E-state index >= 15 is 0 Å². The van der Waals surface area contributed by atoms with Gasteiger partial charge in [0, 0.05) is 26.6 Å². The average molecular weight is 384 g/mol. The molecule has 4 rings (SSSR count). The van der Waals surface area contributed by atoms with Gasteiger partial charge in [0.1, 0.15) is 5.82 Å². The van der Waals surface area contributed by atoms with Crippen LogP contribution in [0.1, 0.15) is 52.5 Å². The summed E-state index contributed by atoms with van der Waals surface area (Å²) >= 11 is 0. The molecule has 0 saturated carbocycles. The van der Waals surface area contributed by atoms with Gasteiger partial charge in [0.25, 0.3) is 5.91 Å². The van der Waals surface area contributed by atoms with Crippen molar-refractivity contribution in [3.8, 4) is 0 Å². The molecule has 1 atom stereocenters. The Hall–Kier alpha value is -2.70. The summed E-state index contributed by atoms with van der Waals surface area (Å²) in [5.74, 6) is -0.170. The molecule has 2 N–H and O–H groups in total. The summed E-state index contributed by atoms with van der Waals surface area (Å²) in [6, 6.07) is 3.14. The average Bonchev–Trinajstić information content (AvgIpc) is 3.30. The summed E-state index contributed by atoms with van der Waals surface area (Å²) in [7, 11) is 0. The molecular weight excluding hydrogens is 359 g/mol. The smallest absolute Gasteiger partial charge is 0.255 e. The van der Waals surface area contributed by atoms with Gasteiger partial charge in [0.15, 0.2) is 0 Å².